The van der Waals surface area contributed by atoms with Crippen molar-refractivity contribution in [3.63, 3.8) is 0 Å². The van der Waals surface area contributed by atoms with Crippen molar-refractivity contribution in [1.82, 2.24) is 9.80 Å². The SMILES string of the molecule is CC(CO)N1CCN(C)C(CO)C1. The first kappa shape index (κ1) is 10.9. The van der Waals surface area contributed by atoms with Crippen LogP contribution in [-0.2, 0) is 0 Å². The molecule has 1 aliphatic heterocycles. The van der Waals surface area contributed by atoms with E-state index in [-0.39, 0.29) is 25.3 Å². The maximum absolute atomic E-state index is 9.10. The number of piperazine rings is 1. The third-order valence-electron chi connectivity index (χ3n) is 2.91. The van der Waals surface area contributed by atoms with Gasteiger partial charge >= 0.3 is 0 Å². The molecule has 13 heavy (non-hydrogen) atoms. The van der Waals surface area contributed by atoms with Crippen molar-refractivity contribution in [3.8, 4) is 0 Å². The highest BCUT2D eigenvalue weighted by Gasteiger charge is 2.25. The van der Waals surface area contributed by atoms with Crippen LogP contribution in [0.5, 0.6) is 0 Å². The number of rotatable bonds is 3. The van der Waals surface area contributed by atoms with Crippen molar-refractivity contribution in [2.75, 3.05) is 39.9 Å². The maximum Gasteiger partial charge on any atom is 0.0599 e. The van der Waals surface area contributed by atoms with Gasteiger partial charge in [-0.1, -0.05) is 0 Å². The molecule has 2 N–H and O–H groups in total. The maximum atomic E-state index is 9.10. The van der Waals surface area contributed by atoms with Crippen molar-refractivity contribution in [2.45, 2.75) is 19.0 Å². The van der Waals surface area contributed by atoms with Crippen LogP contribution in [0.4, 0.5) is 0 Å². The van der Waals surface area contributed by atoms with E-state index in [0.717, 1.165) is 19.6 Å². The second-order valence-electron chi connectivity index (χ2n) is 3.84. The molecule has 4 heteroatoms. The van der Waals surface area contributed by atoms with E-state index in [1.54, 1.807) is 0 Å². The third kappa shape index (κ3) is 2.64. The summed E-state index contributed by atoms with van der Waals surface area (Å²) in [6.45, 7) is 5.21. The molecule has 1 rings (SSSR count). The van der Waals surface area contributed by atoms with Crippen LogP contribution < -0.4 is 0 Å². The van der Waals surface area contributed by atoms with Gasteiger partial charge < -0.3 is 10.2 Å². The van der Waals surface area contributed by atoms with E-state index in [0.29, 0.717) is 0 Å². The Bertz CT molecular complexity index is 155. The van der Waals surface area contributed by atoms with Crippen molar-refractivity contribution < 1.29 is 10.2 Å². The lowest BCUT2D eigenvalue weighted by molar-refractivity contribution is 0.0248. The Morgan fingerprint density at radius 1 is 1.38 bits per heavy atom. The Morgan fingerprint density at radius 3 is 2.62 bits per heavy atom. The fourth-order valence-electron chi connectivity index (χ4n) is 1.68. The molecule has 0 aliphatic carbocycles. The predicted molar refractivity (Wildman–Crippen MR) is 51.6 cm³/mol. The Labute approximate surface area is 79.8 Å². The number of likely N-dealkylation sites (N-methyl/N-ethyl adjacent to an activating group) is 1. The molecule has 2 atom stereocenters. The molecule has 78 valence electrons. The first-order valence-electron chi connectivity index (χ1n) is 4.85. The Balaban J connectivity index is 2.44. The van der Waals surface area contributed by atoms with Gasteiger partial charge in [-0.05, 0) is 14.0 Å². The standard InChI is InChI=1S/C9H20N2O2/c1-8(6-12)11-4-3-10(2)9(5-11)7-13/h8-9,12-13H,3-7H2,1-2H3. The summed E-state index contributed by atoms with van der Waals surface area (Å²) in [5.41, 5.74) is 0. The van der Waals surface area contributed by atoms with Crippen LogP contribution in [0.3, 0.4) is 0 Å². The van der Waals surface area contributed by atoms with E-state index in [1.807, 2.05) is 14.0 Å². The van der Waals surface area contributed by atoms with Gasteiger partial charge in [-0.2, -0.15) is 0 Å². The van der Waals surface area contributed by atoms with Gasteiger partial charge in [-0.25, -0.2) is 0 Å². The molecule has 1 aliphatic rings. The number of nitrogens with zero attached hydrogens (tertiary/aromatic N) is 2. The largest absolute Gasteiger partial charge is 0.395 e. The fourth-order valence-corrected chi connectivity index (χ4v) is 1.68. The Morgan fingerprint density at radius 2 is 2.08 bits per heavy atom. The second-order valence-corrected chi connectivity index (χ2v) is 3.84. The highest BCUT2D eigenvalue weighted by Crippen LogP contribution is 2.09. The molecule has 0 radical (unpaired) electrons. The Hall–Kier alpha value is -0.160. The van der Waals surface area contributed by atoms with Crippen molar-refractivity contribution in [3.05, 3.63) is 0 Å². The average molecular weight is 188 g/mol. The number of aliphatic hydroxyl groups excluding tert-OH is 2. The third-order valence-corrected chi connectivity index (χ3v) is 2.91. The lowest BCUT2D eigenvalue weighted by atomic mass is 10.1. The minimum Gasteiger partial charge on any atom is -0.395 e. The molecule has 2 unspecified atom stereocenters. The minimum atomic E-state index is 0.196. The van der Waals surface area contributed by atoms with Crippen LogP contribution in [-0.4, -0.2) is 72.0 Å². The lowest BCUT2D eigenvalue weighted by Gasteiger charge is -2.40. The van der Waals surface area contributed by atoms with Gasteiger partial charge in [0, 0.05) is 31.7 Å². The van der Waals surface area contributed by atoms with Crippen molar-refractivity contribution in [2.24, 2.45) is 0 Å². The lowest BCUT2D eigenvalue weighted by Crippen LogP contribution is -2.55. The van der Waals surface area contributed by atoms with Crippen LogP contribution in [0.15, 0.2) is 0 Å². The van der Waals surface area contributed by atoms with Gasteiger partial charge in [-0.15, -0.1) is 0 Å². The molecule has 0 spiro atoms. The zero-order valence-corrected chi connectivity index (χ0v) is 8.48. The molecule has 0 aromatic carbocycles. The first-order valence-corrected chi connectivity index (χ1v) is 4.85. The van der Waals surface area contributed by atoms with Crippen LogP contribution in [0.2, 0.25) is 0 Å². The van der Waals surface area contributed by atoms with Gasteiger partial charge in [0.2, 0.25) is 0 Å². The van der Waals surface area contributed by atoms with Gasteiger partial charge in [0.1, 0.15) is 0 Å². The summed E-state index contributed by atoms with van der Waals surface area (Å²) >= 11 is 0. The number of aliphatic hydroxyl groups is 2. The second kappa shape index (κ2) is 4.91. The fraction of sp³-hybridized carbons (Fsp3) is 1.00. The van der Waals surface area contributed by atoms with Crippen LogP contribution in [0.25, 0.3) is 0 Å². The van der Waals surface area contributed by atoms with E-state index >= 15 is 0 Å². The summed E-state index contributed by atoms with van der Waals surface area (Å²) in [5, 5.41) is 18.1. The Kier molecular flexibility index (Phi) is 4.12. The van der Waals surface area contributed by atoms with E-state index in [1.165, 1.54) is 0 Å². The average Bonchev–Trinajstić information content (AvgIpc) is 2.17. The summed E-state index contributed by atoms with van der Waals surface area (Å²) in [4.78, 5) is 4.39. The van der Waals surface area contributed by atoms with Crippen LogP contribution in [0, 0.1) is 0 Å². The van der Waals surface area contributed by atoms with E-state index in [4.69, 9.17) is 10.2 Å². The molecule has 4 nitrogen and oxygen atoms in total. The van der Waals surface area contributed by atoms with Crippen LogP contribution >= 0.6 is 0 Å². The number of hydrogen-bond acceptors (Lipinski definition) is 4. The summed E-state index contributed by atoms with van der Waals surface area (Å²) in [5.74, 6) is 0. The molecule has 0 saturated carbocycles. The first-order chi connectivity index (χ1) is 6.19. The van der Waals surface area contributed by atoms with Crippen molar-refractivity contribution >= 4 is 0 Å². The summed E-state index contributed by atoms with van der Waals surface area (Å²) < 4.78 is 0. The zero-order valence-electron chi connectivity index (χ0n) is 8.48. The molecule has 1 saturated heterocycles. The molecular formula is C9H20N2O2. The molecule has 0 bridgehead atoms. The molecule has 1 heterocycles. The van der Waals surface area contributed by atoms with Gasteiger partial charge in [0.15, 0.2) is 0 Å². The van der Waals surface area contributed by atoms with Gasteiger partial charge in [0.25, 0.3) is 0 Å². The quantitative estimate of drug-likeness (QED) is 0.595. The van der Waals surface area contributed by atoms with Crippen molar-refractivity contribution in [1.29, 1.82) is 0 Å². The monoisotopic (exact) mass is 188 g/mol. The molecule has 0 amide bonds. The van der Waals surface area contributed by atoms with Crippen LogP contribution in [0.1, 0.15) is 6.92 Å². The molecule has 1 fully saturated rings. The molecule has 0 aromatic rings. The highest BCUT2D eigenvalue weighted by atomic mass is 16.3. The summed E-state index contributed by atoms with van der Waals surface area (Å²) in [6, 6.07) is 0.436. The minimum absolute atomic E-state index is 0.196. The molecule has 0 aromatic heterocycles. The zero-order chi connectivity index (χ0) is 9.84. The summed E-state index contributed by atoms with van der Waals surface area (Å²) in [7, 11) is 2.03. The van der Waals surface area contributed by atoms with Gasteiger partial charge in [-0.3, -0.25) is 9.80 Å². The van der Waals surface area contributed by atoms with E-state index in [2.05, 4.69) is 9.80 Å². The van der Waals surface area contributed by atoms with Gasteiger partial charge in [0.05, 0.1) is 13.2 Å². The van der Waals surface area contributed by atoms with E-state index in [9.17, 15) is 0 Å². The normalized spacial score (nSPS) is 29.1. The summed E-state index contributed by atoms with van der Waals surface area (Å²) in [6.07, 6.45) is 0. The molecular weight excluding hydrogens is 168 g/mol. The topological polar surface area (TPSA) is 46.9 Å². The number of hydrogen-bond donors (Lipinski definition) is 2. The smallest absolute Gasteiger partial charge is 0.0599 e. The predicted octanol–water partition coefficient (Wildman–Crippen LogP) is -1.02. The van der Waals surface area contributed by atoms with E-state index < -0.39 is 0 Å². The highest BCUT2D eigenvalue weighted by molar-refractivity contribution is 4.81.